The molecule has 0 spiro atoms. The van der Waals surface area contributed by atoms with Gasteiger partial charge in [0.25, 0.3) is 5.91 Å². The molecule has 1 atom stereocenters. The van der Waals surface area contributed by atoms with E-state index in [9.17, 15) is 9.90 Å². The average Bonchev–Trinajstić information content (AvgIpc) is 3.17. The Morgan fingerprint density at radius 2 is 2.03 bits per heavy atom. The number of carbonyl (C=O) groups excluding carboxylic acids is 1. The number of nitrogens with zero attached hydrogens (tertiary/aromatic N) is 3. The number of rotatable bonds is 6. The van der Waals surface area contributed by atoms with E-state index in [1.807, 2.05) is 24.3 Å². The zero-order chi connectivity index (χ0) is 20.9. The summed E-state index contributed by atoms with van der Waals surface area (Å²) in [5, 5.41) is 15.8. The van der Waals surface area contributed by atoms with Gasteiger partial charge < -0.3 is 20.6 Å². The summed E-state index contributed by atoms with van der Waals surface area (Å²) < 4.78 is 0. The Bertz CT molecular complexity index is 1020. The molecule has 7 heteroatoms. The molecule has 0 saturated carbocycles. The Labute approximate surface area is 175 Å². The number of likely N-dealkylation sites (N-methyl/N-ethyl adjacent to an activating group) is 1. The average molecular weight is 403 g/mol. The number of benzene rings is 2. The molecule has 7 nitrogen and oxygen atoms in total. The first-order valence-electron chi connectivity index (χ1n) is 10.0. The minimum absolute atomic E-state index is 0.0359. The predicted molar refractivity (Wildman–Crippen MR) is 116 cm³/mol. The highest BCUT2D eigenvalue weighted by Gasteiger charge is 2.21. The van der Waals surface area contributed by atoms with Crippen molar-refractivity contribution in [2.45, 2.75) is 19.0 Å². The molecule has 154 valence electrons. The van der Waals surface area contributed by atoms with Gasteiger partial charge in [0.2, 0.25) is 0 Å². The van der Waals surface area contributed by atoms with Gasteiger partial charge >= 0.3 is 0 Å². The number of likely N-dealkylation sites (tertiary alicyclic amines) is 1. The van der Waals surface area contributed by atoms with Crippen molar-refractivity contribution in [3.05, 3.63) is 72.1 Å². The Morgan fingerprint density at radius 1 is 1.20 bits per heavy atom. The Hall–Kier alpha value is -3.45. The SMILES string of the molecule is CN1CCC(NC(=O)c2cccc(CNc3cncc(-c4ccc(O)cc4)n3)c2)C1. The lowest BCUT2D eigenvalue weighted by Crippen LogP contribution is -2.36. The van der Waals surface area contributed by atoms with Crippen molar-refractivity contribution in [1.29, 1.82) is 0 Å². The molecule has 2 aromatic carbocycles. The zero-order valence-electron chi connectivity index (χ0n) is 16.9. The van der Waals surface area contributed by atoms with Crippen LogP contribution in [0.3, 0.4) is 0 Å². The fourth-order valence-electron chi connectivity index (χ4n) is 3.56. The largest absolute Gasteiger partial charge is 0.508 e. The number of amides is 1. The molecule has 0 bridgehead atoms. The minimum Gasteiger partial charge on any atom is -0.508 e. The molecule has 1 aliphatic heterocycles. The Kier molecular flexibility index (Phi) is 5.90. The molecule has 1 unspecified atom stereocenters. The molecule has 2 heterocycles. The first-order valence-corrected chi connectivity index (χ1v) is 10.0. The van der Waals surface area contributed by atoms with E-state index >= 15 is 0 Å². The van der Waals surface area contributed by atoms with Crippen LogP contribution in [0.4, 0.5) is 5.82 Å². The van der Waals surface area contributed by atoms with E-state index in [4.69, 9.17) is 0 Å². The van der Waals surface area contributed by atoms with Gasteiger partial charge in [0.1, 0.15) is 11.6 Å². The van der Waals surface area contributed by atoms with Crippen molar-refractivity contribution in [3.63, 3.8) is 0 Å². The zero-order valence-corrected chi connectivity index (χ0v) is 16.9. The summed E-state index contributed by atoms with van der Waals surface area (Å²) in [5.41, 5.74) is 3.24. The van der Waals surface area contributed by atoms with Crippen LogP contribution in [0, 0.1) is 0 Å². The molecular formula is C23H25N5O2. The van der Waals surface area contributed by atoms with Crippen LogP contribution in [0.1, 0.15) is 22.3 Å². The van der Waals surface area contributed by atoms with Crippen molar-refractivity contribution in [1.82, 2.24) is 20.2 Å². The fourth-order valence-corrected chi connectivity index (χ4v) is 3.56. The number of hydrogen-bond acceptors (Lipinski definition) is 6. The second kappa shape index (κ2) is 8.92. The lowest BCUT2D eigenvalue weighted by molar-refractivity contribution is 0.0938. The molecule has 1 aromatic heterocycles. The van der Waals surface area contributed by atoms with Crippen molar-refractivity contribution < 1.29 is 9.90 Å². The number of anilines is 1. The number of phenolic OH excluding ortho intramolecular Hbond substituents is 1. The third kappa shape index (κ3) is 4.93. The maximum absolute atomic E-state index is 12.6. The van der Waals surface area contributed by atoms with Gasteiger partial charge in [-0.3, -0.25) is 9.78 Å². The highest BCUT2D eigenvalue weighted by molar-refractivity contribution is 5.94. The fraction of sp³-hybridized carbons (Fsp3) is 0.261. The first kappa shape index (κ1) is 19.8. The first-order chi connectivity index (χ1) is 14.6. The van der Waals surface area contributed by atoms with Crippen molar-refractivity contribution >= 4 is 11.7 Å². The Morgan fingerprint density at radius 3 is 2.80 bits per heavy atom. The standard InChI is InChI=1S/C23H25N5O2/c1-28-10-9-19(15-28)26-23(30)18-4-2-3-16(11-18)12-25-22-14-24-13-21(27-22)17-5-7-20(29)8-6-17/h2-8,11,13-14,19,29H,9-10,12,15H2,1H3,(H,25,27)(H,26,30). The van der Waals surface area contributed by atoms with E-state index in [-0.39, 0.29) is 17.7 Å². The molecule has 3 aromatic rings. The number of aromatic hydroxyl groups is 1. The number of carbonyl (C=O) groups is 1. The predicted octanol–water partition coefficient (Wildman–Crippen LogP) is 2.90. The summed E-state index contributed by atoms with van der Waals surface area (Å²) >= 11 is 0. The number of nitrogens with one attached hydrogen (secondary N) is 2. The smallest absolute Gasteiger partial charge is 0.251 e. The van der Waals surface area contributed by atoms with Crippen LogP contribution in [-0.4, -0.2) is 52.1 Å². The van der Waals surface area contributed by atoms with Crippen molar-refractivity contribution in [2.24, 2.45) is 0 Å². The topological polar surface area (TPSA) is 90.4 Å². The molecule has 0 radical (unpaired) electrons. The monoisotopic (exact) mass is 403 g/mol. The maximum Gasteiger partial charge on any atom is 0.251 e. The normalized spacial score (nSPS) is 16.4. The van der Waals surface area contributed by atoms with Gasteiger partial charge in [-0.25, -0.2) is 4.98 Å². The highest BCUT2D eigenvalue weighted by Crippen LogP contribution is 2.20. The van der Waals surface area contributed by atoms with Gasteiger partial charge in [0.15, 0.2) is 0 Å². The molecule has 30 heavy (non-hydrogen) atoms. The minimum atomic E-state index is -0.0359. The molecule has 1 amide bonds. The molecule has 1 saturated heterocycles. The van der Waals surface area contributed by atoms with Gasteiger partial charge in [-0.1, -0.05) is 12.1 Å². The molecule has 0 aliphatic carbocycles. The highest BCUT2D eigenvalue weighted by atomic mass is 16.3. The van der Waals surface area contributed by atoms with Crippen LogP contribution in [0.25, 0.3) is 11.3 Å². The summed E-state index contributed by atoms with van der Waals surface area (Å²) in [7, 11) is 2.07. The third-order valence-electron chi connectivity index (χ3n) is 5.19. The third-order valence-corrected chi connectivity index (χ3v) is 5.19. The van der Waals surface area contributed by atoms with E-state index in [0.29, 0.717) is 17.9 Å². The number of hydrogen-bond donors (Lipinski definition) is 3. The van der Waals surface area contributed by atoms with Crippen LogP contribution in [0.15, 0.2) is 60.9 Å². The molecule has 1 fully saturated rings. The number of aromatic nitrogens is 2. The summed E-state index contributed by atoms with van der Waals surface area (Å²) in [4.78, 5) is 23.6. The molecule has 4 rings (SSSR count). The lowest BCUT2D eigenvalue weighted by Gasteiger charge is -2.13. The Balaban J connectivity index is 1.39. The second-order valence-electron chi connectivity index (χ2n) is 7.61. The van der Waals surface area contributed by atoms with E-state index < -0.39 is 0 Å². The second-order valence-corrected chi connectivity index (χ2v) is 7.61. The van der Waals surface area contributed by atoms with Gasteiger partial charge in [0.05, 0.1) is 18.1 Å². The number of phenols is 1. The van der Waals surface area contributed by atoms with Crippen LogP contribution in [-0.2, 0) is 6.54 Å². The van der Waals surface area contributed by atoms with Gasteiger partial charge in [-0.15, -0.1) is 0 Å². The quantitative estimate of drug-likeness (QED) is 0.586. The van der Waals surface area contributed by atoms with E-state index in [1.54, 1.807) is 36.7 Å². The maximum atomic E-state index is 12.6. The summed E-state index contributed by atoms with van der Waals surface area (Å²) in [6, 6.07) is 14.7. The summed E-state index contributed by atoms with van der Waals surface area (Å²) in [6.07, 6.45) is 4.33. The van der Waals surface area contributed by atoms with Gasteiger partial charge in [-0.05, 0) is 62.0 Å². The lowest BCUT2D eigenvalue weighted by atomic mass is 10.1. The van der Waals surface area contributed by atoms with Gasteiger partial charge in [0, 0.05) is 30.3 Å². The van der Waals surface area contributed by atoms with Crippen LogP contribution < -0.4 is 10.6 Å². The van der Waals surface area contributed by atoms with Crippen molar-refractivity contribution in [2.75, 3.05) is 25.5 Å². The van der Waals surface area contributed by atoms with E-state index in [2.05, 4.69) is 32.5 Å². The van der Waals surface area contributed by atoms with Crippen LogP contribution >= 0.6 is 0 Å². The summed E-state index contributed by atoms with van der Waals surface area (Å²) in [5.74, 6) is 0.820. The summed E-state index contributed by atoms with van der Waals surface area (Å²) in [6.45, 7) is 2.43. The van der Waals surface area contributed by atoms with Gasteiger partial charge in [-0.2, -0.15) is 0 Å². The molecule has 1 aliphatic rings. The van der Waals surface area contributed by atoms with Crippen LogP contribution in [0.2, 0.25) is 0 Å². The van der Waals surface area contributed by atoms with Crippen LogP contribution in [0.5, 0.6) is 5.75 Å². The van der Waals surface area contributed by atoms with E-state index in [1.165, 1.54) is 0 Å². The van der Waals surface area contributed by atoms with E-state index in [0.717, 1.165) is 36.3 Å². The molecule has 3 N–H and O–H groups in total. The van der Waals surface area contributed by atoms with Crippen molar-refractivity contribution in [3.8, 4) is 17.0 Å². The molecular weight excluding hydrogens is 378 g/mol.